The Bertz CT molecular complexity index is 1160. The molecule has 6 heteroatoms. The summed E-state index contributed by atoms with van der Waals surface area (Å²) < 4.78 is 17.9. The number of aromatic nitrogens is 2. The summed E-state index contributed by atoms with van der Waals surface area (Å²) in [6.45, 7) is 8.20. The van der Waals surface area contributed by atoms with E-state index in [1.54, 1.807) is 17.4 Å². The molecule has 138 valence electrons. The van der Waals surface area contributed by atoms with Crippen molar-refractivity contribution in [1.82, 2.24) is 9.38 Å². The lowest BCUT2D eigenvalue weighted by Gasteiger charge is -2.14. The van der Waals surface area contributed by atoms with E-state index in [1.165, 1.54) is 10.9 Å². The summed E-state index contributed by atoms with van der Waals surface area (Å²) in [4.78, 5) is 6.87. The highest BCUT2D eigenvalue weighted by atomic mass is 127. The molecule has 0 aliphatic rings. The maximum atomic E-state index is 14.7. The largest absolute Gasteiger partial charge is 0.338 e. The molecule has 0 unspecified atom stereocenters. The number of para-hydroxylation sites is 1. The second-order valence-electron chi connectivity index (χ2n) is 6.71. The third-order valence-corrected chi connectivity index (χ3v) is 6.74. The lowest BCUT2D eigenvalue weighted by Crippen LogP contribution is -2.02. The van der Waals surface area contributed by atoms with Crippen LogP contribution in [-0.2, 0) is 0 Å². The third kappa shape index (κ3) is 3.14. The Morgan fingerprint density at radius 3 is 2.63 bits per heavy atom. The molecule has 0 atom stereocenters. The number of thiazole rings is 1. The molecule has 0 radical (unpaired) electrons. The molecule has 3 nitrogen and oxygen atoms in total. The van der Waals surface area contributed by atoms with E-state index in [-0.39, 0.29) is 5.82 Å². The molecule has 27 heavy (non-hydrogen) atoms. The average molecular weight is 491 g/mol. The number of benzene rings is 2. The van der Waals surface area contributed by atoms with Crippen molar-refractivity contribution in [3.05, 3.63) is 67.5 Å². The molecule has 0 saturated heterocycles. The summed E-state index contributed by atoms with van der Waals surface area (Å²) in [6, 6.07) is 11.3. The molecule has 0 aliphatic carbocycles. The molecule has 0 bridgehead atoms. The first-order valence-corrected chi connectivity index (χ1v) is 10.5. The first-order valence-electron chi connectivity index (χ1n) is 8.64. The molecule has 2 aromatic carbocycles. The predicted molar refractivity (Wildman–Crippen MR) is 120 cm³/mol. The van der Waals surface area contributed by atoms with Crippen LogP contribution in [-0.4, -0.2) is 9.38 Å². The van der Waals surface area contributed by atoms with Crippen LogP contribution in [0.15, 0.2) is 36.4 Å². The maximum absolute atomic E-state index is 14.7. The van der Waals surface area contributed by atoms with Crippen molar-refractivity contribution in [2.45, 2.75) is 27.7 Å². The van der Waals surface area contributed by atoms with E-state index in [1.807, 2.05) is 19.1 Å². The Balaban J connectivity index is 2.00. The quantitative estimate of drug-likeness (QED) is 0.320. The van der Waals surface area contributed by atoms with E-state index in [0.29, 0.717) is 11.3 Å². The Kier molecular flexibility index (Phi) is 4.71. The van der Waals surface area contributed by atoms with Gasteiger partial charge >= 0.3 is 0 Å². The Morgan fingerprint density at radius 1 is 1.11 bits per heavy atom. The first kappa shape index (κ1) is 18.4. The van der Waals surface area contributed by atoms with Gasteiger partial charge in [0.1, 0.15) is 17.3 Å². The normalized spacial score (nSPS) is 11.3. The van der Waals surface area contributed by atoms with Crippen molar-refractivity contribution in [3.63, 3.8) is 0 Å². The van der Waals surface area contributed by atoms with E-state index in [4.69, 9.17) is 4.98 Å². The van der Waals surface area contributed by atoms with Crippen LogP contribution in [0.2, 0.25) is 0 Å². The minimum absolute atomic E-state index is 0.261. The van der Waals surface area contributed by atoms with Gasteiger partial charge in [-0.15, -0.1) is 11.3 Å². The molecular formula is C21H19FIN3S. The molecule has 4 aromatic rings. The van der Waals surface area contributed by atoms with Gasteiger partial charge in [0.25, 0.3) is 0 Å². The van der Waals surface area contributed by atoms with Crippen LogP contribution >= 0.6 is 33.9 Å². The van der Waals surface area contributed by atoms with E-state index < -0.39 is 0 Å². The van der Waals surface area contributed by atoms with Crippen LogP contribution in [0.25, 0.3) is 16.2 Å². The number of aryl methyl sites for hydroxylation is 4. The molecule has 2 aromatic heterocycles. The summed E-state index contributed by atoms with van der Waals surface area (Å²) in [5.41, 5.74) is 5.45. The van der Waals surface area contributed by atoms with Gasteiger partial charge < -0.3 is 5.32 Å². The second-order valence-corrected chi connectivity index (χ2v) is 9.05. The fourth-order valence-electron chi connectivity index (χ4n) is 3.18. The van der Waals surface area contributed by atoms with E-state index in [2.05, 4.69) is 65.2 Å². The number of nitrogens with one attached hydrogen (secondary N) is 1. The van der Waals surface area contributed by atoms with Crippen molar-refractivity contribution in [2.24, 2.45) is 0 Å². The number of halogens is 2. The third-order valence-electron chi connectivity index (χ3n) is 4.78. The maximum Gasteiger partial charge on any atom is 0.196 e. The van der Waals surface area contributed by atoms with Crippen LogP contribution in [0.3, 0.4) is 0 Å². The molecular weight excluding hydrogens is 472 g/mol. The van der Waals surface area contributed by atoms with E-state index >= 15 is 0 Å². The molecule has 0 saturated carbocycles. The van der Waals surface area contributed by atoms with Crippen molar-refractivity contribution in [2.75, 3.05) is 5.32 Å². The first-order chi connectivity index (χ1) is 12.9. The number of fused-ring (bicyclic) bond motifs is 1. The molecule has 0 aliphatic heterocycles. The van der Waals surface area contributed by atoms with Gasteiger partial charge in [0, 0.05) is 19.7 Å². The molecule has 0 spiro atoms. The Morgan fingerprint density at radius 2 is 1.89 bits per heavy atom. The highest BCUT2D eigenvalue weighted by Crippen LogP contribution is 2.38. The summed E-state index contributed by atoms with van der Waals surface area (Å²) in [5.74, 6) is 0.548. The van der Waals surface area contributed by atoms with Gasteiger partial charge in [-0.1, -0.05) is 23.8 Å². The highest BCUT2D eigenvalue weighted by molar-refractivity contribution is 14.1. The van der Waals surface area contributed by atoms with Crippen LogP contribution in [0.4, 0.5) is 15.9 Å². The second kappa shape index (κ2) is 6.91. The summed E-state index contributed by atoms with van der Waals surface area (Å²) in [6.07, 6.45) is 0. The van der Waals surface area contributed by atoms with Gasteiger partial charge in [-0.3, -0.25) is 4.40 Å². The van der Waals surface area contributed by atoms with Gasteiger partial charge in [0.2, 0.25) is 0 Å². The van der Waals surface area contributed by atoms with Crippen LogP contribution in [0, 0.1) is 37.1 Å². The molecule has 0 amide bonds. The van der Waals surface area contributed by atoms with E-state index in [0.717, 1.165) is 36.9 Å². The van der Waals surface area contributed by atoms with Gasteiger partial charge in [0.15, 0.2) is 4.96 Å². The van der Waals surface area contributed by atoms with E-state index in [9.17, 15) is 4.39 Å². The summed E-state index contributed by atoms with van der Waals surface area (Å²) in [7, 11) is 0. The molecule has 0 fully saturated rings. The fraction of sp³-hybridized carbons (Fsp3) is 0.190. The zero-order valence-corrected chi connectivity index (χ0v) is 18.5. The van der Waals surface area contributed by atoms with Gasteiger partial charge in [-0.05, 0) is 74.0 Å². The van der Waals surface area contributed by atoms with Crippen molar-refractivity contribution >= 4 is 50.4 Å². The van der Waals surface area contributed by atoms with Crippen LogP contribution in [0.5, 0.6) is 0 Å². The van der Waals surface area contributed by atoms with Crippen molar-refractivity contribution in [3.8, 4) is 11.3 Å². The number of hydrogen-bond acceptors (Lipinski definition) is 3. The monoisotopic (exact) mass is 491 g/mol. The lowest BCUT2D eigenvalue weighted by molar-refractivity contribution is 0.630. The van der Waals surface area contributed by atoms with Gasteiger partial charge in [-0.25, -0.2) is 9.37 Å². The standard InChI is InChI=1S/C21H19FIN3S/c1-11-8-9-16(22)15(10-11)19-20(24-18-12(2)6-5-7-17(18)23)26-13(3)14(4)27-21(26)25-19/h5-10,24H,1-4H3. The zero-order valence-electron chi connectivity index (χ0n) is 15.5. The number of anilines is 2. The zero-order chi connectivity index (χ0) is 19.3. The Labute approximate surface area is 175 Å². The molecule has 2 heterocycles. The topological polar surface area (TPSA) is 29.3 Å². The van der Waals surface area contributed by atoms with Crippen LogP contribution < -0.4 is 5.32 Å². The number of rotatable bonds is 3. The highest BCUT2D eigenvalue weighted by Gasteiger charge is 2.22. The van der Waals surface area contributed by atoms with Gasteiger partial charge in [-0.2, -0.15) is 0 Å². The van der Waals surface area contributed by atoms with Crippen LogP contribution in [0.1, 0.15) is 21.7 Å². The molecule has 1 N–H and O–H groups in total. The lowest BCUT2D eigenvalue weighted by atomic mass is 10.1. The average Bonchev–Trinajstić information content (AvgIpc) is 3.10. The predicted octanol–water partition coefficient (Wildman–Crippen LogP) is 6.78. The van der Waals surface area contributed by atoms with Crippen molar-refractivity contribution in [1.29, 1.82) is 0 Å². The fourth-order valence-corrected chi connectivity index (χ4v) is 4.92. The van der Waals surface area contributed by atoms with Crippen molar-refractivity contribution < 1.29 is 4.39 Å². The minimum Gasteiger partial charge on any atom is -0.338 e. The molecule has 4 rings (SSSR count). The number of imidazole rings is 1. The number of hydrogen-bond donors (Lipinski definition) is 1. The number of nitrogens with zero attached hydrogens (tertiary/aromatic N) is 2. The summed E-state index contributed by atoms with van der Waals surface area (Å²) in [5, 5.41) is 3.56. The SMILES string of the molecule is Cc1ccc(F)c(-c2nc3sc(C)c(C)n3c2Nc2c(C)cccc2I)c1. The minimum atomic E-state index is -0.261. The Hall–Kier alpha value is -1.93. The van der Waals surface area contributed by atoms with Gasteiger partial charge in [0.05, 0.1) is 5.69 Å². The summed E-state index contributed by atoms with van der Waals surface area (Å²) >= 11 is 3.95. The smallest absolute Gasteiger partial charge is 0.196 e.